The smallest absolute Gasteiger partial charge is 0.0290 e. The minimum atomic E-state index is 0.0561. The molecule has 2 unspecified atom stereocenters. The Morgan fingerprint density at radius 2 is 1.20 bits per heavy atom. The van der Waals surface area contributed by atoms with Crippen LogP contribution >= 0.6 is 23.2 Å². The van der Waals surface area contributed by atoms with E-state index in [4.69, 9.17) is 23.2 Å². The first-order chi connectivity index (χ1) is 4.21. The third-order valence-corrected chi connectivity index (χ3v) is 2.69. The van der Waals surface area contributed by atoms with Gasteiger partial charge in [-0.1, -0.05) is 0 Å². The molecule has 0 saturated heterocycles. The van der Waals surface area contributed by atoms with Gasteiger partial charge in [0.2, 0.25) is 0 Å². The molecule has 0 aliphatic heterocycles. The summed E-state index contributed by atoms with van der Waals surface area (Å²) in [6, 6.07) is 0. The molecule has 0 aromatic rings. The summed E-state index contributed by atoms with van der Waals surface area (Å²) >= 11 is 12.1. The van der Waals surface area contributed by atoms with Crippen molar-refractivity contribution in [3.8, 4) is 0 Å². The highest BCUT2D eigenvalue weighted by atomic mass is 35.5. The minimum Gasteiger partial charge on any atom is -0.124 e. The Kier molecular flexibility index (Phi) is 3.98. The summed E-state index contributed by atoms with van der Waals surface area (Å²) in [5.41, 5.74) is 0. The highest BCUT2D eigenvalue weighted by Gasteiger charge is 2.19. The second kappa shape index (κ2) is 3.61. The zero-order chi connectivity index (χ0) is 8.41. The highest BCUT2D eigenvalue weighted by Crippen LogP contribution is 2.23. The Bertz CT molecular complexity index is 87.3. The molecule has 4 heteroatoms. The van der Waals surface area contributed by atoms with Gasteiger partial charge in [0, 0.05) is 29.5 Å². The van der Waals surface area contributed by atoms with E-state index < -0.39 is 0 Å². The van der Waals surface area contributed by atoms with E-state index in [1.54, 1.807) is 0 Å². The Labute approximate surface area is 79.5 Å². The summed E-state index contributed by atoms with van der Waals surface area (Å²) < 4.78 is 0.112. The molecule has 0 heterocycles. The van der Waals surface area contributed by atoms with Crippen LogP contribution < -0.4 is 0 Å². The van der Waals surface area contributed by atoms with Crippen LogP contribution in [0.5, 0.6) is 0 Å². The average molecular weight is 215 g/mol. The third-order valence-electron chi connectivity index (χ3n) is 1.31. The largest absolute Gasteiger partial charge is 0.124 e. The number of halogens is 2. The van der Waals surface area contributed by atoms with Crippen molar-refractivity contribution >= 4 is 43.7 Å². The van der Waals surface area contributed by atoms with E-state index in [0.29, 0.717) is 0 Å². The Morgan fingerprint density at radius 3 is 1.30 bits per heavy atom. The van der Waals surface area contributed by atoms with Crippen molar-refractivity contribution in [2.75, 3.05) is 0 Å². The molecule has 0 aromatic carbocycles. The van der Waals surface area contributed by atoms with Gasteiger partial charge in [0.1, 0.15) is 0 Å². The van der Waals surface area contributed by atoms with Crippen molar-refractivity contribution in [3.05, 3.63) is 0 Å². The van der Waals surface area contributed by atoms with Crippen LogP contribution in [0.2, 0.25) is 0 Å². The van der Waals surface area contributed by atoms with E-state index in [1.165, 1.54) is 0 Å². The van der Waals surface area contributed by atoms with Gasteiger partial charge in [-0.15, -0.1) is 23.2 Å². The Balaban J connectivity index is 3.56. The molecular weight excluding hydrogens is 199 g/mol. The van der Waals surface area contributed by atoms with Crippen LogP contribution in [0, 0.1) is 0 Å². The lowest BCUT2D eigenvalue weighted by Gasteiger charge is -2.21. The lowest BCUT2D eigenvalue weighted by atomic mass is 10.2. The second-order valence-corrected chi connectivity index (χ2v) is 11.7. The van der Waals surface area contributed by atoms with E-state index >= 15 is 0 Å². The average Bonchev–Trinajstić information content (AvgIpc) is 1.57. The van der Waals surface area contributed by atoms with Crippen molar-refractivity contribution in [1.29, 1.82) is 0 Å². The molecule has 0 spiro atoms. The predicted molar refractivity (Wildman–Crippen MR) is 57.6 cm³/mol. The van der Waals surface area contributed by atoms with Crippen LogP contribution in [-0.4, -0.2) is 29.5 Å². The fourth-order valence-corrected chi connectivity index (χ4v) is 1.28. The summed E-state index contributed by atoms with van der Waals surface area (Å²) in [6.45, 7) is 4.18. The van der Waals surface area contributed by atoms with Crippen molar-refractivity contribution in [1.82, 2.24) is 0 Å². The van der Waals surface area contributed by atoms with E-state index in [9.17, 15) is 0 Å². The summed E-state index contributed by atoms with van der Waals surface area (Å²) in [6.07, 6.45) is 2.12. The lowest BCUT2D eigenvalue weighted by molar-refractivity contribution is 0.644. The predicted octanol–water partition coefficient (Wildman–Crippen LogP) is 0.407. The van der Waals surface area contributed by atoms with Crippen LogP contribution in [0.3, 0.4) is 0 Å². The summed E-state index contributed by atoms with van der Waals surface area (Å²) in [5.74, 6) is 0. The van der Waals surface area contributed by atoms with Crippen molar-refractivity contribution in [2.24, 2.45) is 0 Å². The fraction of sp³-hybridized carbons (Fsp3) is 1.00. The minimum absolute atomic E-state index is 0.0561. The van der Waals surface area contributed by atoms with Gasteiger partial charge in [-0.2, -0.15) is 0 Å². The molecule has 0 aliphatic carbocycles. The van der Waals surface area contributed by atoms with Gasteiger partial charge in [0.25, 0.3) is 0 Å². The summed E-state index contributed by atoms with van der Waals surface area (Å²) in [7, 11) is 2.09. The van der Waals surface area contributed by atoms with E-state index in [2.05, 4.69) is 13.8 Å². The molecule has 0 fully saturated rings. The molecule has 10 heavy (non-hydrogen) atoms. The maximum absolute atomic E-state index is 6.06. The molecule has 2 atom stereocenters. The molecule has 0 radical (unpaired) electrons. The molecule has 0 N–H and O–H groups in total. The van der Waals surface area contributed by atoms with E-state index in [1.807, 2.05) is 0 Å². The third kappa shape index (κ3) is 9.01. The molecule has 0 aromatic heterocycles. The second-order valence-electron chi connectivity index (χ2n) is 3.94. The maximum Gasteiger partial charge on any atom is 0.0290 e. The maximum atomic E-state index is 6.06. The van der Waals surface area contributed by atoms with Crippen LogP contribution in [0.4, 0.5) is 0 Å². The number of rotatable bonds is 3. The van der Waals surface area contributed by atoms with Gasteiger partial charge < -0.3 is 0 Å². The quantitative estimate of drug-likeness (QED) is 0.472. The van der Waals surface area contributed by atoms with Gasteiger partial charge >= 0.3 is 0 Å². The highest BCUT2D eigenvalue weighted by molar-refractivity contribution is 6.45. The number of alkyl halides is 2. The van der Waals surface area contributed by atoms with Gasteiger partial charge in [-0.25, -0.2) is 0 Å². The number of hydrogen-bond donors (Lipinski definition) is 0. The standard InChI is InChI=1S/C6H16Cl2Si2/c1-5(7,9)3-4-6(2,8)10/h3-4H2,1-2,9-10H3. The number of hydrogen-bond acceptors (Lipinski definition) is 0. The summed E-state index contributed by atoms with van der Waals surface area (Å²) in [5, 5.41) is 0. The molecule has 0 nitrogen and oxygen atoms in total. The molecule has 0 amide bonds. The molecule has 62 valence electrons. The Hall–Kier alpha value is 1.01. The van der Waals surface area contributed by atoms with Crippen molar-refractivity contribution in [3.63, 3.8) is 0 Å². The van der Waals surface area contributed by atoms with Gasteiger partial charge in [0.15, 0.2) is 0 Å². The van der Waals surface area contributed by atoms with Crippen LogP contribution in [0.1, 0.15) is 26.7 Å². The monoisotopic (exact) mass is 214 g/mol. The molecular formula is C6H16Cl2Si2. The van der Waals surface area contributed by atoms with Crippen LogP contribution in [-0.2, 0) is 0 Å². The molecule has 0 saturated carbocycles. The van der Waals surface area contributed by atoms with E-state index in [-0.39, 0.29) is 8.99 Å². The lowest BCUT2D eigenvalue weighted by Crippen LogP contribution is -2.23. The first-order valence-corrected chi connectivity index (χ1v) is 6.34. The van der Waals surface area contributed by atoms with Crippen molar-refractivity contribution < 1.29 is 0 Å². The van der Waals surface area contributed by atoms with E-state index in [0.717, 1.165) is 33.3 Å². The summed E-state index contributed by atoms with van der Waals surface area (Å²) in [4.78, 5) is 0. The van der Waals surface area contributed by atoms with Crippen LogP contribution in [0.15, 0.2) is 0 Å². The molecule has 0 aliphatic rings. The first kappa shape index (κ1) is 11.0. The van der Waals surface area contributed by atoms with Crippen LogP contribution in [0.25, 0.3) is 0 Å². The SMILES string of the molecule is CC([SiH3])(Cl)CCC(C)([SiH3])Cl. The topological polar surface area (TPSA) is 0 Å². The zero-order valence-corrected chi connectivity index (χ0v) is 12.7. The van der Waals surface area contributed by atoms with Gasteiger partial charge in [-0.05, 0) is 26.7 Å². The fourth-order valence-electron chi connectivity index (χ4n) is 0.594. The molecule has 0 rings (SSSR count). The normalized spacial score (nSPS) is 24.0. The van der Waals surface area contributed by atoms with Gasteiger partial charge in [0.05, 0.1) is 0 Å². The van der Waals surface area contributed by atoms with Crippen molar-refractivity contribution in [2.45, 2.75) is 35.7 Å². The molecule has 0 bridgehead atoms. The zero-order valence-electron chi connectivity index (χ0n) is 7.17. The van der Waals surface area contributed by atoms with Gasteiger partial charge in [-0.3, -0.25) is 0 Å². The Morgan fingerprint density at radius 1 is 1.00 bits per heavy atom. The first-order valence-electron chi connectivity index (χ1n) is 3.59.